The minimum atomic E-state index is -0.520. The fraction of sp³-hybridized carbons (Fsp3) is 0.278. The number of hydrogen-bond acceptors (Lipinski definition) is 2. The van der Waals surface area contributed by atoms with E-state index in [1.165, 1.54) is 0 Å². The van der Waals surface area contributed by atoms with E-state index in [2.05, 4.69) is 5.32 Å². The summed E-state index contributed by atoms with van der Waals surface area (Å²) in [6.07, 6.45) is 0.244. The van der Waals surface area contributed by atoms with Crippen LogP contribution in [0.2, 0.25) is 5.02 Å². The standard InChI is InChI=1S/C18H20ClNO2/c1-13-3-9-17(10-4-13)22-14(2)18(21)20-12-11-15-5-7-16(19)8-6-15/h3-10,14H,11-12H2,1-2H3,(H,20,21)/t14-/m1/s1. The summed E-state index contributed by atoms with van der Waals surface area (Å²) in [7, 11) is 0. The first kappa shape index (κ1) is 16.4. The van der Waals surface area contributed by atoms with E-state index in [-0.39, 0.29) is 5.91 Å². The maximum atomic E-state index is 12.0. The normalized spacial score (nSPS) is 11.8. The van der Waals surface area contributed by atoms with Gasteiger partial charge >= 0.3 is 0 Å². The van der Waals surface area contributed by atoms with Crippen LogP contribution in [0.3, 0.4) is 0 Å². The highest BCUT2D eigenvalue weighted by Gasteiger charge is 2.13. The first-order valence-corrected chi connectivity index (χ1v) is 7.68. The summed E-state index contributed by atoms with van der Waals surface area (Å²) in [6, 6.07) is 15.3. The lowest BCUT2D eigenvalue weighted by Crippen LogP contribution is -2.37. The second kappa shape index (κ2) is 7.85. The number of hydrogen-bond donors (Lipinski definition) is 1. The van der Waals surface area contributed by atoms with E-state index in [0.717, 1.165) is 17.5 Å². The van der Waals surface area contributed by atoms with E-state index in [1.807, 2.05) is 55.5 Å². The number of halogens is 1. The molecule has 0 heterocycles. The predicted octanol–water partition coefficient (Wildman–Crippen LogP) is 3.77. The molecule has 0 unspecified atom stereocenters. The van der Waals surface area contributed by atoms with Gasteiger partial charge in [0.05, 0.1) is 0 Å². The quantitative estimate of drug-likeness (QED) is 0.880. The average molecular weight is 318 g/mol. The number of aryl methyl sites for hydroxylation is 1. The first-order valence-electron chi connectivity index (χ1n) is 7.30. The number of ether oxygens (including phenoxy) is 1. The van der Waals surface area contributed by atoms with Crippen LogP contribution in [0, 0.1) is 6.92 Å². The number of carbonyl (C=O) groups excluding carboxylic acids is 1. The van der Waals surface area contributed by atoms with Gasteiger partial charge in [-0.1, -0.05) is 41.4 Å². The Kier molecular flexibility index (Phi) is 5.84. The molecule has 0 aliphatic rings. The Bertz CT molecular complexity index is 608. The van der Waals surface area contributed by atoms with Crippen molar-refractivity contribution in [3.63, 3.8) is 0 Å². The van der Waals surface area contributed by atoms with Gasteiger partial charge in [0.1, 0.15) is 5.75 Å². The van der Waals surface area contributed by atoms with Crippen molar-refractivity contribution in [1.29, 1.82) is 0 Å². The molecule has 0 aromatic heterocycles. The van der Waals surface area contributed by atoms with Crippen molar-refractivity contribution < 1.29 is 9.53 Å². The fourth-order valence-electron chi connectivity index (χ4n) is 2.00. The largest absolute Gasteiger partial charge is 0.481 e. The van der Waals surface area contributed by atoms with Crippen molar-refractivity contribution in [2.45, 2.75) is 26.4 Å². The Morgan fingerprint density at radius 2 is 1.77 bits per heavy atom. The van der Waals surface area contributed by atoms with Crippen molar-refractivity contribution in [3.8, 4) is 5.75 Å². The van der Waals surface area contributed by atoms with Gasteiger partial charge < -0.3 is 10.1 Å². The van der Waals surface area contributed by atoms with Crippen LogP contribution in [0.4, 0.5) is 0 Å². The molecule has 0 aliphatic heterocycles. The molecule has 22 heavy (non-hydrogen) atoms. The summed E-state index contributed by atoms with van der Waals surface area (Å²) in [5.74, 6) is 0.584. The Balaban J connectivity index is 1.76. The smallest absolute Gasteiger partial charge is 0.260 e. The Hall–Kier alpha value is -2.00. The topological polar surface area (TPSA) is 38.3 Å². The molecule has 0 fully saturated rings. The average Bonchev–Trinajstić information content (AvgIpc) is 2.51. The van der Waals surface area contributed by atoms with Crippen molar-refractivity contribution in [1.82, 2.24) is 5.32 Å². The molecule has 0 saturated carbocycles. The van der Waals surface area contributed by atoms with Gasteiger partial charge in [0.15, 0.2) is 6.10 Å². The summed E-state index contributed by atoms with van der Waals surface area (Å²) in [6.45, 7) is 4.33. The number of carbonyl (C=O) groups is 1. The molecule has 0 spiro atoms. The number of rotatable bonds is 6. The van der Waals surface area contributed by atoms with Crippen LogP contribution >= 0.6 is 11.6 Å². The highest BCUT2D eigenvalue weighted by atomic mass is 35.5. The number of benzene rings is 2. The van der Waals surface area contributed by atoms with Crippen LogP contribution in [-0.2, 0) is 11.2 Å². The third-order valence-electron chi connectivity index (χ3n) is 3.33. The zero-order chi connectivity index (χ0) is 15.9. The molecule has 1 N–H and O–H groups in total. The van der Waals surface area contributed by atoms with Gasteiger partial charge in [-0.2, -0.15) is 0 Å². The first-order chi connectivity index (χ1) is 10.5. The van der Waals surface area contributed by atoms with Crippen LogP contribution in [-0.4, -0.2) is 18.6 Å². The van der Waals surface area contributed by atoms with Crippen molar-refractivity contribution in [2.24, 2.45) is 0 Å². The predicted molar refractivity (Wildman–Crippen MR) is 89.4 cm³/mol. The Labute approximate surface area is 136 Å². The van der Waals surface area contributed by atoms with Gasteiger partial charge in [-0.05, 0) is 50.1 Å². The lowest BCUT2D eigenvalue weighted by Gasteiger charge is -2.15. The van der Waals surface area contributed by atoms with Crippen LogP contribution in [0.1, 0.15) is 18.1 Å². The van der Waals surface area contributed by atoms with Crippen molar-refractivity contribution >= 4 is 17.5 Å². The van der Waals surface area contributed by atoms with Crippen LogP contribution < -0.4 is 10.1 Å². The Morgan fingerprint density at radius 3 is 2.41 bits per heavy atom. The lowest BCUT2D eigenvalue weighted by atomic mass is 10.1. The van der Waals surface area contributed by atoms with E-state index < -0.39 is 6.10 Å². The van der Waals surface area contributed by atoms with Gasteiger partial charge in [0.2, 0.25) is 0 Å². The highest BCUT2D eigenvalue weighted by Crippen LogP contribution is 2.13. The SMILES string of the molecule is Cc1ccc(O[C@H](C)C(=O)NCCc2ccc(Cl)cc2)cc1. The highest BCUT2D eigenvalue weighted by molar-refractivity contribution is 6.30. The summed E-state index contributed by atoms with van der Waals surface area (Å²) in [5.41, 5.74) is 2.30. The van der Waals surface area contributed by atoms with Gasteiger partial charge in [-0.25, -0.2) is 0 Å². The molecular weight excluding hydrogens is 298 g/mol. The fourth-order valence-corrected chi connectivity index (χ4v) is 2.13. The van der Waals surface area contributed by atoms with E-state index in [0.29, 0.717) is 17.3 Å². The van der Waals surface area contributed by atoms with Crippen molar-refractivity contribution in [2.75, 3.05) is 6.54 Å². The third kappa shape index (κ3) is 5.08. The Morgan fingerprint density at radius 1 is 1.14 bits per heavy atom. The minimum absolute atomic E-state index is 0.116. The molecule has 2 aromatic rings. The molecule has 4 heteroatoms. The molecular formula is C18H20ClNO2. The molecule has 1 atom stereocenters. The summed E-state index contributed by atoms with van der Waals surface area (Å²) in [5, 5.41) is 3.60. The minimum Gasteiger partial charge on any atom is -0.481 e. The van der Waals surface area contributed by atoms with Crippen LogP contribution in [0.25, 0.3) is 0 Å². The molecule has 3 nitrogen and oxygen atoms in total. The lowest BCUT2D eigenvalue weighted by molar-refractivity contribution is -0.127. The monoisotopic (exact) mass is 317 g/mol. The van der Waals surface area contributed by atoms with Crippen LogP contribution in [0.15, 0.2) is 48.5 Å². The van der Waals surface area contributed by atoms with Crippen LogP contribution in [0.5, 0.6) is 5.75 Å². The van der Waals surface area contributed by atoms with Gasteiger partial charge in [-0.15, -0.1) is 0 Å². The summed E-state index contributed by atoms with van der Waals surface area (Å²) < 4.78 is 5.62. The number of nitrogens with one attached hydrogen (secondary N) is 1. The molecule has 0 radical (unpaired) electrons. The van der Waals surface area contributed by atoms with Gasteiger partial charge in [-0.3, -0.25) is 4.79 Å². The van der Waals surface area contributed by atoms with E-state index in [1.54, 1.807) is 6.92 Å². The van der Waals surface area contributed by atoms with E-state index in [4.69, 9.17) is 16.3 Å². The molecule has 2 rings (SSSR count). The zero-order valence-corrected chi connectivity index (χ0v) is 13.6. The second-order valence-electron chi connectivity index (χ2n) is 5.24. The molecule has 1 amide bonds. The third-order valence-corrected chi connectivity index (χ3v) is 3.58. The molecule has 0 aliphatic carbocycles. The maximum Gasteiger partial charge on any atom is 0.260 e. The van der Waals surface area contributed by atoms with E-state index in [9.17, 15) is 4.79 Å². The van der Waals surface area contributed by atoms with E-state index >= 15 is 0 Å². The van der Waals surface area contributed by atoms with Crippen molar-refractivity contribution in [3.05, 3.63) is 64.7 Å². The second-order valence-corrected chi connectivity index (χ2v) is 5.68. The molecule has 0 saturated heterocycles. The number of amides is 1. The van der Waals surface area contributed by atoms with Gasteiger partial charge in [0, 0.05) is 11.6 Å². The van der Waals surface area contributed by atoms with Gasteiger partial charge in [0.25, 0.3) is 5.91 Å². The molecule has 0 bridgehead atoms. The zero-order valence-electron chi connectivity index (χ0n) is 12.8. The maximum absolute atomic E-state index is 12.0. The summed E-state index contributed by atoms with van der Waals surface area (Å²) >= 11 is 5.84. The molecule has 116 valence electrons. The summed E-state index contributed by atoms with van der Waals surface area (Å²) in [4.78, 5) is 12.0. The molecule has 2 aromatic carbocycles.